The minimum Gasteiger partial charge on any atom is -0.348 e. The van der Waals surface area contributed by atoms with Gasteiger partial charge in [0.2, 0.25) is 15.9 Å². The van der Waals surface area contributed by atoms with Crippen molar-refractivity contribution in [1.82, 2.24) is 9.62 Å². The van der Waals surface area contributed by atoms with E-state index >= 15 is 0 Å². The third kappa shape index (κ3) is 5.53. The average molecular weight is 409 g/mol. The summed E-state index contributed by atoms with van der Waals surface area (Å²) < 4.78 is 27.6. The molecule has 0 aromatic heterocycles. The molecule has 0 aliphatic carbocycles. The molecule has 0 aliphatic heterocycles. The van der Waals surface area contributed by atoms with Gasteiger partial charge in [0.25, 0.3) is 0 Å². The Morgan fingerprint density at radius 3 is 1.97 bits per heavy atom. The topological polar surface area (TPSA) is 66.5 Å². The summed E-state index contributed by atoms with van der Waals surface area (Å²) in [6.07, 6.45) is 0. The van der Waals surface area contributed by atoms with Crippen molar-refractivity contribution >= 4 is 15.9 Å². The zero-order valence-electron chi connectivity index (χ0n) is 16.2. The lowest BCUT2D eigenvalue weighted by atomic mass is 10.1. The van der Waals surface area contributed by atoms with Crippen LogP contribution in [-0.2, 0) is 21.4 Å². The van der Waals surface area contributed by atoms with Crippen LogP contribution in [0.25, 0.3) is 0 Å². The monoisotopic (exact) mass is 408 g/mol. The second kappa shape index (κ2) is 9.49. The van der Waals surface area contributed by atoms with Crippen molar-refractivity contribution in [2.24, 2.45) is 0 Å². The fourth-order valence-electron chi connectivity index (χ4n) is 3.03. The van der Waals surface area contributed by atoms with E-state index in [2.05, 4.69) is 5.32 Å². The molecule has 0 spiro atoms. The molecule has 1 amide bonds. The summed E-state index contributed by atoms with van der Waals surface area (Å²) in [7, 11) is -3.82. The number of rotatable bonds is 8. The molecule has 0 bridgehead atoms. The lowest BCUT2D eigenvalue weighted by Gasteiger charge is -2.23. The average Bonchev–Trinajstić information content (AvgIpc) is 2.75. The minimum atomic E-state index is -3.82. The normalized spacial score (nSPS) is 12.5. The zero-order chi connectivity index (χ0) is 20.7. The number of nitrogens with one attached hydrogen (secondary N) is 1. The van der Waals surface area contributed by atoms with Crippen LogP contribution < -0.4 is 5.32 Å². The predicted molar refractivity (Wildman–Crippen MR) is 113 cm³/mol. The number of nitrogens with zero attached hydrogens (tertiary/aromatic N) is 1. The second-order valence-electron chi connectivity index (χ2n) is 6.77. The largest absolute Gasteiger partial charge is 0.348 e. The highest BCUT2D eigenvalue weighted by Crippen LogP contribution is 2.18. The lowest BCUT2D eigenvalue weighted by Crippen LogP contribution is -2.41. The molecule has 1 atom stereocenters. The van der Waals surface area contributed by atoms with Crippen molar-refractivity contribution in [3.8, 4) is 0 Å². The second-order valence-corrected chi connectivity index (χ2v) is 8.71. The molecule has 29 heavy (non-hydrogen) atoms. The molecule has 1 N–H and O–H groups in total. The maximum absolute atomic E-state index is 13.2. The van der Waals surface area contributed by atoms with Gasteiger partial charge in [0.15, 0.2) is 0 Å². The minimum absolute atomic E-state index is 0.116. The number of amides is 1. The Kier molecular flexibility index (Phi) is 6.80. The van der Waals surface area contributed by atoms with Gasteiger partial charge >= 0.3 is 0 Å². The van der Waals surface area contributed by atoms with E-state index in [9.17, 15) is 13.2 Å². The molecule has 0 aliphatic rings. The predicted octanol–water partition coefficient (Wildman–Crippen LogP) is 3.75. The number of sulfonamides is 1. The van der Waals surface area contributed by atoms with Crippen LogP contribution >= 0.6 is 0 Å². The number of carbonyl (C=O) groups excluding carboxylic acids is 1. The lowest BCUT2D eigenvalue weighted by molar-refractivity contribution is -0.122. The highest BCUT2D eigenvalue weighted by molar-refractivity contribution is 7.89. The molecular formula is C23H24N2O3S. The van der Waals surface area contributed by atoms with Crippen LogP contribution in [0, 0.1) is 0 Å². The first-order chi connectivity index (χ1) is 14.0. The van der Waals surface area contributed by atoms with E-state index in [1.807, 2.05) is 67.6 Å². The van der Waals surface area contributed by atoms with Gasteiger partial charge in [-0.3, -0.25) is 4.79 Å². The van der Waals surface area contributed by atoms with Crippen LogP contribution in [0.1, 0.15) is 24.1 Å². The molecule has 3 aromatic rings. The van der Waals surface area contributed by atoms with Crippen LogP contribution in [0.2, 0.25) is 0 Å². The van der Waals surface area contributed by atoms with Crippen molar-refractivity contribution in [3.63, 3.8) is 0 Å². The SMILES string of the molecule is C[C@@H](NC(=O)CN(Cc1ccccc1)S(=O)(=O)c1ccccc1)c1ccccc1. The molecule has 0 radical (unpaired) electrons. The third-order valence-electron chi connectivity index (χ3n) is 4.58. The van der Waals surface area contributed by atoms with E-state index in [-0.39, 0.29) is 29.9 Å². The Morgan fingerprint density at radius 1 is 0.862 bits per heavy atom. The number of carbonyl (C=O) groups is 1. The van der Waals surface area contributed by atoms with Gasteiger partial charge in [-0.15, -0.1) is 0 Å². The molecule has 6 heteroatoms. The summed E-state index contributed by atoms with van der Waals surface area (Å²) >= 11 is 0. The molecule has 0 heterocycles. The van der Waals surface area contributed by atoms with E-state index in [1.54, 1.807) is 18.2 Å². The molecule has 0 fully saturated rings. The van der Waals surface area contributed by atoms with Crippen LogP contribution in [0.3, 0.4) is 0 Å². The molecule has 3 aromatic carbocycles. The van der Waals surface area contributed by atoms with E-state index in [4.69, 9.17) is 0 Å². The van der Waals surface area contributed by atoms with Crippen LogP contribution in [0.4, 0.5) is 0 Å². The molecular weight excluding hydrogens is 384 g/mol. The van der Waals surface area contributed by atoms with Crippen molar-refractivity contribution in [1.29, 1.82) is 0 Å². The molecule has 0 saturated carbocycles. The quantitative estimate of drug-likeness (QED) is 0.617. The molecule has 5 nitrogen and oxygen atoms in total. The Balaban J connectivity index is 1.80. The van der Waals surface area contributed by atoms with Crippen molar-refractivity contribution in [2.45, 2.75) is 24.4 Å². The van der Waals surface area contributed by atoms with Gasteiger partial charge in [-0.05, 0) is 30.2 Å². The summed E-state index contributed by atoms with van der Waals surface area (Å²) in [5.41, 5.74) is 1.78. The number of hydrogen-bond acceptors (Lipinski definition) is 3. The first-order valence-electron chi connectivity index (χ1n) is 9.40. The Morgan fingerprint density at radius 2 is 1.38 bits per heavy atom. The molecule has 150 valence electrons. The van der Waals surface area contributed by atoms with E-state index in [0.717, 1.165) is 11.1 Å². The fourth-order valence-corrected chi connectivity index (χ4v) is 4.43. The van der Waals surface area contributed by atoms with Crippen molar-refractivity contribution in [3.05, 3.63) is 102 Å². The summed E-state index contributed by atoms with van der Waals surface area (Å²) in [6.45, 7) is 1.73. The van der Waals surface area contributed by atoms with Gasteiger partial charge in [0.1, 0.15) is 0 Å². The van der Waals surface area contributed by atoms with E-state index < -0.39 is 10.0 Å². The van der Waals surface area contributed by atoms with Crippen molar-refractivity contribution < 1.29 is 13.2 Å². The van der Waals surface area contributed by atoms with Crippen LogP contribution in [-0.4, -0.2) is 25.2 Å². The molecule has 3 rings (SSSR count). The molecule has 0 saturated heterocycles. The standard InChI is InChI=1S/C23H24N2O3S/c1-19(21-13-7-3-8-14-21)24-23(26)18-25(17-20-11-5-2-6-12-20)29(27,28)22-15-9-4-10-16-22/h2-16,19H,17-18H2,1H3,(H,24,26)/t19-/m1/s1. The van der Waals surface area contributed by atoms with E-state index in [1.165, 1.54) is 16.4 Å². The Labute approximate surface area is 172 Å². The maximum atomic E-state index is 13.2. The highest BCUT2D eigenvalue weighted by atomic mass is 32.2. The van der Waals surface area contributed by atoms with Crippen LogP contribution in [0.15, 0.2) is 95.9 Å². The summed E-state index contributed by atoms with van der Waals surface area (Å²) in [5.74, 6) is -0.350. The van der Waals surface area contributed by atoms with Gasteiger partial charge < -0.3 is 5.32 Å². The summed E-state index contributed by atoms with van der Waals surface area (Å²) in [5, 5.41) is 2.89. The van der Waals surface area contributed by atoms with Gasteiger partial charge in [-0.2, -0.15) is 4.31 Å². The maximum Gasteiger partial charge on any atom is 0.243 e. The Hall–Kier alpha value is -2.96. The number of benzene rings is 3. The first kappa shape index (κ1) is 20.8. The highest BCUT2D eigenvalue weighted by Gasteiger charge is 2.27. The van der Waals surface area contributed by atoms with Gasteiger partial charge in [-0.1, -0.05) is 78.9 Å². The third-order valence-corrected chi connectivity index (χ3v) is 6.39. The van der Waals surface area contributed by atoms with Crippen molar-refractivity contribution in [2.75, 3.05) is 6.54 Å². The van der Waals surface area contributed by atoms with Gasteiger partial charge in [0, 0.05) is 6.54 Å². The molecule has 0 unspecified atom stereocenters. The Bertz CT molecular complexity index is 1020. The van der Waals surface area contributed by atoms with Gasteiger partial charge in [0.05, 0.1) is 17.5 Å². The number of hydrogen-bond donors (Lipinski definition) is 1. The smallest absolute Gasteiger partial charge is 0.243 e. The fraction of sp³-hybridized carbons (Fsp3) is 0.174. The summed E-state index contributed by atoms with van der Waals surface area (Å²) in [6, 6.07) is 26.8. The van der Waals surface area contributed by atoms with Gasteiger partial charge in [-0.25, -0.2) is 8.42 Å². The van der Waals surface area contributed by atoms with Crippen LogP contribution in [0.5, 0.6) is 0 Å². The summed E-state index contributed by atoms with van der Waals surface area (Å²) in [4.78, 5) is 12.9. The first-order valence-corrected chi connectivity index (χ1v) is 10.8. The van der Waals surface area contributed by atoms with E-state index in [0.29, 0.717) is 0 Å². The zero-order valence-corrected chi connectivity index (χ0v) is 17.0.